The zero-order chi connectivity index (χ0) is 12.3. The Bertz CT molecular complexity index is 410. The van der Waals surface area contributed by atoms with Crippen molar-refractivity contribution < 1.29 is 5.11 Å². The number of H-pyrrole nitrogens is 1. The second-order valence-electron chi connectivity index (χ2n) is 5.32. The van der Waals surface area contributed by atoms with E-state index in [4.69, 9.17) is 12.2 Å². The molecule has 0 amide bonds. The summed E-state index contributed by atoms with van der Waals surface area (Å²) in [5.74, 6) is 1.72. The summed E-state index contributed by atoms with van der Waals surface area (Å²) < 4.78 is 2.77. The van der Waals surface area contributed by atoms with Gasteiger partial charge in [-0.3, -0.25) is 0 Å². The van der Waals surface area contributed by atoms with Gasteiger partial charge in [0.25, 0.3) is 0 Å². The summed E-state index contributed by atoms with van der Waals surface area (Å²) in [5, 5.41) is 9.22. The summed E-state index contributed by atoms with van der Waals surface area (Å²) in [6, 6.07) is 0. The number of nitrogens with zero attached hydrogens (tertiary/aromatic N) is 1. The highest BCUT2D eigenvalue weighted by Gasteiger charge is 2.18. The van der Waals surface area contributed by atoms with E-state index in [-0.39, 0.29) is 6.61 Å². The van der Waals surface area contributed by atoms with Crippen LogP contribution in [0.5, 0.6) is 0 Å². The molecule has 1 fully saturated rings. The summed E-state index contributed by atoms with van der Waals surface area (Å²) >= 11 is 5.23. The maximum absolute atomic E-state index is 9.22. The number of imidazole rings is 1. The minimum atomic E-state index is 0.0637. The summed E-state index contributed by atoms with van der Waals surface area (Å²) in [6.45, 7) is 3.36. The van der Waals surface area contributed by atoms with Gasteiger partial charge in [0.15, 0.2) is 4.77 Å². The van der Waals surface area contributed by atoms with Crippen molar-refractivity contribution in [3.8, 4) is 0 Å². The lowest BCUT2D eigenvalue weighted by molar-refractivity contribution is 0.249. The Morgan fingerprint density at radius 2 is 2.35 bits per heavy atom. The third kappa shape index (κ3) is 3.19. The molecule has 2 rings (SSSR count). The Balaban J connectivity index is 1.92. The Morgan fingerprint density at radius 1 is 1.53 bits per heavy atom. The number of hydrogen-bond donors (Lipinski definition) is 2. The molecule has 0 spiro atoms. The van der Waals surface area contributed by atoms with Crippen molar-refractivity contribution in [1.82, 2.24) is 9.55 Å². The molecule has 1 aromatic rings. The van der Waals surface area contributed by atoms with Crippen molar-refractivity contribution in [2.24, 2.45) is 11.8 Å². The lowest BCUT2D eigenvalue weighted by atomic mass is 9.81. The van der Waals surface area contributed by atoms with Crippen LogP contribution in [0.4, 0.5) is 0 Å². The number of rotatable bonds is 4. The van der Waals surface area contributed by atoms with Crippen LogP contribution in [0.2, 0.25) is 0 Å². The van der Waals surface area contributed by atoms with E-state index in [0.29, 0.717) is 0 Å². The van der Waals surface area contributed by atoms with Crippen LogP contribution in [0.3, 0.4) is 0 Å². The molecule has 2 atom stereocenters. The van der Waals surface area contributed by atoms with Crippen molar-refractivity contribution in [1.29, 1.82) is 0 Å². The summed E-state index contributed by atoms with van der Waals surface area (Å²) in [4.78, 5) is 3.00. The number of aliphatic hydroxyl groups is 1. The maximum Gasteiger partial charge on any atom is 0.177 e. The van der Waals surface area contributed by atoms with Crippen LogP contribution >= 0.6 is 12.2 Å². The van der Waals surface area contributed by atoms with Crippen LogP contribution < -0.4 is 0 Å². The number of aliphatic hydroxyl groups excluding tert-OH is 1. The van der Waals surface area contributed by atoms with E-state index >= 15 is 0 Å². The highest BCUT2D eigenvalue weighted by molar-refractivity contribution is 7.71. The fraction of sp³-hybridized carbons (Fsp3) is 0.769. The molecule has 0 saturated heterocycles. The maximum atomic E-state index is 9.22. The van der Waals surface area contributed by atoms with E-state index in [0.717, 1.165) is 28.8 Å². The number of hydrogen-bond acceptors (Lipinski definition) is 2. The number of nitrogens with one attached hydrogen (secondary N) is 1. The second kappa shape index (κ2) is 5.83. The van der Waals surface area contributed by atoms with E-state index in [9.17, 15) is 5.11 Å². The Hall–Kier alpha value is -0.610. The van der Waals surface area contributed by atoms with Gasteiger partial charge in [0.2, 0.25) is 0 Å². The molecule has 0 aromatic carbocycles. The minimum absolute atomic E-state index is 0.0637. The van der Waals surface area contributed by atoms with Crippen LogP contribution in [-0.2, 0) is 13.2 Å². The molecule has 0 radical (unpaired) electrons. The zero-order valence-electron chi connectivity index (χ0n) is 10.5. The van der Waals surface area contributed by atoms with E-state index < -0.39 is 0 Å². The number of aromatic amines is 1. The normalized spacial score (nSPS) is 25.1. The van der Waals surface area contributed by atoms with Crippen LogP contribution in [0.1, 0.15) is 44.7 Å². The average Bonchev–Trinajstić information content (AvgIpc) is 2.67. The zero-order valence-corrected chi connectivity index (χ0v) is 11.3. The summed E-state index contributed by atoms with van der Waals surface area (Å²) in [6.07, 6.45) is 8.47. The topological polar surface area (TPSA) is 41.0 Å². The van der Waals surface area contributed by atoms with Gasteiger partial charge >= 0.3 is 0 Å². The van der Waals surface area contributed by atoms with Crippen LogP contribution in [0.15, 0.2) is 6.20 Å². The third-order valence-electron chi connectivity index (χ3n) is 3.92. The third-order valence-corrected chi connectivity index (χ3v) is 4.26. The van der Waals surface area contributed by atoms with Gasteiger partial charge in [-0.1, -0.05) is 26.2 Å². The van der Waals surface area contributed by atoms with Gasteiger partial charge in [0, 0.05) is 12.7 Å². The lowest BCUT2D eigenvalue weighted by Gasteiger charge is -2.26. The molecule has 1 aromatic heterocycles. The first-order valence-electron chi connectivity index (χ1n) is 6.58. The van der Waals surface area contributed by atoms with Crippen LogP contribution in [0.25, 0.3) is 0 Å². The van der Waals surface area contributed by atoms with Gasteiger partial charge in [-0.2, -0.15) is 0 Å². The summed E-state index contributed by atoms with van der Waals surface area (Å²) in [5.41, 5.74) is 0.902. The molecule has 0 aliphatic heterocycles. The monoisotopic (exact) mass is 254 g/mol. The van der Waals surface area contributed by atoms with Crippen molar-refractivity contribution in [3.05, 3.63) is 16.7 Å². The SMILES string of the molecule is CC1CCCC(CCn2c(CO)c[nH]c2=S)C1. The molecular weight excluding hydrogens is 232 g/mol. The van der Waals surface area contributed by atoms with Crippen molar-refractivity contribution in [2.45, 2.75) is 52.2 Å². The first kappa shape index (κ1) is 12.8. The minimum Gasteiger partial charge on any atom is -0.390 e. The molecule has 17 heavy (non-hydrogen) atoms. The molecule has 1 aliphatic carbocycles. The highest BCUT2D eigenvalue weighted by atomic mass is 32.1. The Morgan fingerprint density at radius 3 is 3.06 bits per heavy atom. The first-order chi connectivity index (χ1) is 8.20. The molecule has 3 nitrogen and oxygen atoms in total. The smallest absolute Gasteiger partial charge is 0.177 e. The molecule has 2 unspecified atom stereocenters. The molecule has 1 saturated carbocycles. The van der Waals surface area contributed by atoms with Crippen molar-refractivity contribution in [2.75, 3.05) is 0 Å². The van der Waals surface area contributed by atoms with Gasteiger partial charge in [0.1, 0.15) is 0 Å². The van der Waals surface area contributed by atoms with Crippen molar-refractivity contribution in [3.63, 3.8) is 0 Å². The van der Waals surface area contributed by atoms with Gasteiger partial charge in [-0.05, 0) is 36.9 Å². The van der Waals surface area contributed by atoms with E-state index in [1.807, 2.05) is 10.8 Å². The molecular formula is C13H22N2OS. The first-order valence-corrected chi connectivity index (χ1v) is 6.99. The van der Waals surface area contributed by atoms with Gasteiger partial charge in [-0.25, -0.2) is 0 Å². The standard InChI is InChI=1S/C13H22N2OS/c1-10-3-2-4-11(7-10)5-6-15-12(9-16)8-14-13(15)17/h8,10-11,16H,2-7,9H2,1H3,(H,14,17). The largest absolute Gasteiger partial charge is 0.390 e. The lowest BCUT2D eigenvalue weighted by Crippen LogP contribution is -2.16. The van der Waals surface area contributed by atoms with Gasteiger partial charge in [0.05, 0.1) is 12.3 Å². The fourth-order valence-electron chi connectivity index (χ4n) is 2.94. The quantitative estimate of drug-likeness (QED) is 0.810. The van der Waals surface area contributed by atoms with Crippen LogP contribution in [-0.4, -0.2) is 14.7 Å². The van der Waals surface area contributed by atoms with E-state index in [1.54, 1.807) is 0 Å². The Labute approximate surface area is 108 Å². The van der Waals surface area contributed by atoms with Crippen LogP contribution in [0, 0.1) is 16.6 Å². The van der Waals surface area contributed by atoms with E-state index in [2.05, 4.69) is 11.9 Å². The molecule has 1 heterocycles. The number of aromatic nitrogens is 2. The van der Waals surface area contributed by atoms with E-state index in [1.165, 1.54) is 32.1 Å². The highest BCUT2D eigenvalue weighted by Crippen LogP contribution is 2.31. The molecule has 96 valence electrons. The predicted octanol–water partition coefficient (Wildman–Crippen LogP) is 3.25. The molecule has 4 heteroatoms. The predicted molar refractivity (Wildman–Crippen MR) is 71.3 cm³/mol. The Kier molecular flexibility index (Phi) is 4.40. The summed E-state index contributed by atoms with van der Waals surface area (Å²) in [7, 11) is 0. The second-order valence-corrected chi connectivity index (χ2v) is 5.71. The van der Waals surface area contributed by atoms with Gasteiger partial charge in [-0.15, -0.1) is 0 Å². The van der Waals surface area contributed by atoms with Crippen molar-refractivity contribution >= 4 is 12.2 Å². The molecule has 1 aliphatic rings. The molecule has 0 bridgehead atoms. The average molecular weight is 254 g/mol. The van der Waals surface area contributed by atoms with Gasteiger partial charge < -0.3 is 14.7 Å². The molecule has 2 N–H and O–H groups in total. The fourth-order valence-corrected chi connectivity index (χ4v) is 3.21.